The predicted molar refractivity (Wildman–Crippen MR) is 113 cm³/mol. The molecule has 0 bridgehead atoms. The number of carbonyl (C=O) groups excluding carboxylic acids is 3. The number of para-hydroxylation sites is 1. The van der Waals surface area contributed by atoms with Gasteiger partial charge < -0.3 is 26.2 Å². The van der Waals surface area contributed by atoms with Crippen LogP contribution in [0.4, 0.5) is 39.8 Å². The summed E-state index contributed by atoms with van der Waals surface area (Å²) in [4.78, 5) is 38.1. The van der Waals surface area contributed by atoms with Gasteiger partial charge in [-0.2, -0.15) is 13.2 Å². The summed E-state index contributed by atoms with van der Waals surface area (Å²) < 4.78 is 37.1. The van der Waals surface area contributed by atoms with E-state index in [0.717, 1.165) is 0 Å². The molecule has 170 valence electrons. The highest BCUT2D eigenvalue weighted by molar-refractivity contribution is 6.00. The molecule has 0 spiro atoms. The fourth-order valence-electron chi connectivity index (χ4n) is 3.27. The number of hydrogen-bond donors (Lipinski definition) is 4. The van der Waals surface area contributed by atoms with E-state index in [9.17, 15) is 27.6 Å². The van der Waals surface area contributed by atoms with Crippen molar-refractivity contribution in [2.45, 2.75) is 25.1 Å². The van der Waals surface area contributed by atoms with E-state index in [-0.39, 0.29) is 13.0 Å². The van der Waals surface area contributed by atoms with Gasteiger partial charge in [-0.25, -0.2) is 9.59 Å². The SMILES string of the molecule is O=C(Nc1ccccc1)Nc1cccc(NC(=O)N2CCCC2C(=O)NCC(F)(F)F)c1. The normalized spacial score (nSPS) is 15.7. The molecule has 3 rings (SSSR count). The molecule has 1 aliphatic heterocycles. The Labute approximate surface area is 182 Å². The lowest BCUT2D eigenvalue weighted by atomic mass is 10.2. The molecule has 11 heteroatoms. The summed E-state index contributed by atoms with van der Waals surface area (Å²) in [6, 6.07) is 13.1. The molecular weight excluding hydrogens is 427 g/mol. The maximum absolute atomic E-state index is 12.6. The van der Waals surface area contributed by atoms with Gasteiger partial charge in [0.2, 0.25) is 5.91 Å². The van der Waals surface area contributed by atoms with Crippen LogP contribution in [0.25, 0.3) is 0 Å². The van der Waals surface area contributed by atoms with Crippen LogP contribution in [0.1, 0.15) is 12.8 Å². The van der Waals surface area contributed by atoms with Crippen LogP contribution in [-0.4, -0.2) is 48.2 Å². The number of nitrogens with zero attached hydrogens (tertiary/aromatic N) is 1. The number of benzene rings is 2. The average Bonchev–Trinajstić information content (AvgIpc) is 3.22. The van der Waals surface area contributed by atoms with Gasteiger partial charge in [-0.05, 0) is 43.2 Å². The van der Waals surface area contributed by atoms with Crippen molar-refractivity contribution in [3.05, 3.63) is 54.6 Å². The largest absolute Gasteiger partial charge is 0.405 e. The number of rotatable bonds is 5. The summed E-state index contributed by atoms with van der Waals surface area (Å²) in [5.74, 6) is -0.844. The van der Waals surface area contributed by atoms with Gasteiger partial charge in [-0.15, -0.1) is 0 Å². The third kappa shape index (κ3) is 6.62. The Kier molecular flexibility index (Phi) is 7.18. The van der Waals surface area contributed by atoms with E-state index in [4.69, 9.17) is 0 Å². The second kappa shape index (κ2) is 10.0. The number of hydrogen-bond acceptors (Lipinski definition) is 3. The molecule has 0 saturated carbocycles. The van der Waals surface area contributed by atoms with E-state index in [1.54, 1.807) is 42.5 Å². The smallest absolute Gasteiger partial charge is 0.345 e. The van der Waals surface area contributed by atoms with E-state index in [2.05, 4.69) is 16.0 Å². The summed E-state index contributed by atoms with van der Waals surface area (Å²) in [6.07, 6.45) is -3.75. The molecule has 8 nitrogen and oxygen atoms in total. The molecule has 5 amide bonds. The van der Waals surface area contributed by atoms with Crippen LogP contribution < -0.4 is 21.3 Å². The Morgan fingerprint density at radius 1 is 0.906 bits per heavy atom. The minimum Gasteiger partial charge on any atom is -0.345 e. The molecule has 2 aromatic rings. The lowest BCUT2D eigenvalue weighted by molar-refractivity contribution is -0.140. The van der Waals surface area contributed by atoms with Crippen molar-refractivity contribution in [3.8, 4) is 0 Å². The zero-order valence-corrected chi connectivity index (χ0v) is 16.9. The zero-order chi connectivity index (χ0) is 23.1. The number of amides is 5. The fraction of sp³-hybridized carbons (Fsp3) is 0.286. The number of urea groups is 2. The summed E-state index contributed by atoms with van der Waals surface area (Å²) in [5, 5.41) is 9.75. The van der Waals surface area contributed by atoms with Crippen molar-refractivity contribution in [1.82, 2.24) is 10.2 Å². The highest BCUT2D eigenvalue weighted by atomic mass is 19.4. The van der Waals surface area contributed by atoms with Crippen molar-refractivity contribution in [3.63, 3.8) is 0 Å². The molecule has 1 fully saturated rings. The van der Waals surface area contributed by atoms with E-state index >= 15 is 0 Å². The highest BCUT2D eigenvalue weighted by Crippen LogP contribution is 2.21. The fourth-order valence-corrected chi connectivity index (χ4v) is 3.27. The molecule has 32 heavy (non-hydrogen) atoms. The van der Waals surface area contributed by atoms with Gasteiger partial charge in [0.1, 0.15) is 12.6 Å². The molecule has 0 aliphatic carbocycles. The van der Waals surface area contributed by atoms with Crippen LogP contribution >= 0.6 is 0 Å². The van der Waals surface area contributed by atoms with Gasteiger partial charge >= 0.3 is 18.2 Å². The minimum atomic E-state index is -4.53. The molecule has 2 aromatic carbocycles. The average molecular weight is 449 g/mol. The Balaban J connectivity index is 1.57. The lowest BCUT2D eigenvalue weighted by Gasteiger charge is -2.24. The third-order valence-electron chi connectivity index (χ3n) is 4.68. The molecule has 0 aromatic heterocycles. The van der Waals surface area contributed by atoms with Crippen LogP contribution in [0, 0.1) is 0 Å². The Hall–Kier alpha value is -3.76. The predicted octanol–water partition coefficient (Wildman–Crippen LogP) is 4.01. The molecule has 1 heterocycles. The van der Waals surface area contributed by atoms with Crippen molar-refractivity contribution in [1.29, 1.82) is 0 Å². The third-order valence-corrected chi connectivity index (χ3v) is 4.68. The lowest BCUT2D eigenvalue weighted by Crippen LogP contribution is -2.49. The van der Waals surface area contributed by atoms with Crippen molar-refractivity contribution >= 4 is 35.0 Å². The first-order chi connectivity index (χ1) is 15.2. The Bertz CT molecular complexity index is 969. The van der Waals surface area contributed by atoms with E-state index in [1.165, 1.54) is 11.0 Å². The van der Waals surface area contributed by atoms with Crippen LogP contribution in [-0.2, 0) is 4.79 Å². The van der Waals surface area contributed by atoms with Crippen molar-refractivity contribution < 1.29 is 27.6 Å². The zero-order valence-electron chi connectivity index (χ0n) is 16.9. The first-order valence-electron chi connectivity index (χ1n) is 9.86. The summed E-state index contributed by atoms with van der Waals surface area (Å²) >= 11 is 0. The summed E-state index contributed by atoms with van der Waals surface area (Å²) in [5.41, 5.74) is 1.38. The van der Waals surface area contributed by atoms with E-state index in [0.29, 0.717) is 23.5 Å². The Morgan fingerprint density at radius 2 is 1.53 bits per heavy atom. The molecule has 1 atom stereocenters. The van der Waals surface area contributed by atoms with Gasteiger partial charge in [0.05, 0.1) is 0 Å². The van der Waals surface area contributed by atoms with Crippen LogP contribution in [0.2, 0.25) is 0 Å². The number of halogens is 3. The van der Waals surface area contributed by atoms with Gasteiger partial charge in [0, 0.05) is 23.6 Å². The number of likely N-dealkylation sites (tertiary alicyclic amines) is 1. The molecule has 4 N–H and O–H groups in total. The van der Waals surface area contributed by atoms with Crippen LogP contribution in [0.3, 0.4) is 0 Å². The highest BCUT2D eigenvalue weighted by Gasteiger charge is 2.36. The molecule has 1 aliphatic rings. The van der Waals surface area contributed by atoms with Gasteiger partial charge in [-0.1, -0.05) is 24.3 Å². The summed E-state index contributed by atoms with van der Waals surface area (Å²) in [7, 11) is 0. The minimum absolute atomic E-state index is 0.243. The first kappa shape index (κ1) is 22.9. The molecular formula is C21H22F3N5O3. The van der Waals surface area contributed by atoms with Gasteiger partial charge in [0.15, 0.2) is 0 Å². The topological polar surface area (TPSA) is 103 Å². The van der Waals surface area contributed by atoms with Crippen LogP contribution in [0.5, 0.6) is 0 Å². The maximum Gasteiger partial charge on any atom is 0.405 e. The molecule has 1 unspecified atom stereocenters. The quantitative estimate of drug-likeness (QED) is 0.555. The number of carbonyl (C=O) groups is 3. The first-order valence-corrected chi connectivity index (χ1v) is 9.86. The number of alkyl halides is 3. The number of nitrogens with one attached hydrogen (secondary N) is 4. The molecule has 1 saturated heterocycles. The van der Waals surface area contributed by atoms with E-state index < -0.39 is 36.7 Å². The van der Waals surface area contributed by atoms with E-state index in [1.807, 2.05) is 11.4 Å². The monoisotopic (exact) mass is 449 g/mol. The van der Waals surface area contributed by atoms with Crippen molar-refractivity contribution in [2.75, 3.05) is 29.0 Å². The van der Waals surface area contributed by atoms with Crippen molar-refractivity contribution in [2.24, 2.45) is 0 Å². The Morgan fingerprint density at radius 3 is 2.22 bits per heavy atom. The number of anilines is 3. The molecule has 0 radical (unpaired) electrons. The van der Waals surface area contributed by atoms with Gasteiger partial charge in [-0.3, -0.25) is 4.79 Å². The second-order valence-electron chi connectivity index (χ2n) is 7.14. The second-order valence-corrected chi connectivity index (χ2v) is 7.14. The standard InChI is InChI=1S/C21H22F3N5O3/c22-21(23,24)13-25-18(30)17-10-5-11-29(17)20(32)28-16-9-4-8-15(12-16)27-19(31)26-14-6-2-1-3-7-14/h1-4,6-9,12,17H,5,10-11,13H2,(H,25,30)(H,28,32)(H2,26,27,31). The van der Waals surface area contributed by atoms with Gasteiger partial charge in [0.25, 0.3) is 0 Å². The maximum atomic E-state index is 12.6. The van der Waals surface area contributed by atoms with Crippen LogP contribution in [0.15, 0.2) is 54.6 Å². The summed E-state index contributed by atoms with van der Waals surface area (Å²) in [6.45, 7) is -1.20.